The SMILES string of the molecule is Cc1ccc2c(c1)C1(CCN(Cc3cccc(F)c3)CC1)CN2C(=O)CC(C)(C)C. The second-order valence-corrected chi connectivity index (χ2v) is 10.4. The molecule has 0 aliphatic carbocycles. The van der Waals surface area contributed by atoms with E-state index in [1.165, 1.54) is 17.2 Å². The lowest BCUT2D eigenvalue weighted by Gasteiger charge is -2.40. The van der Waals surface area contributed by atoms with Gasteiger partial charge in [-0.15, -0.1) is 0 Å². The number of aryl methyl sites for hydroxylation is 1. The maximum absolute atomic E-state index is 13.5. The molecule has 30 heavy (non-hydrogen) atoms. The summed E-state index contributed by atoms with van der Waals surface area (Å²) >= 11 is 0. The fourth-order valence-electron chi connectivity index (χ4n) is 5.01. The number of amides is 1. The van der Waals surface area contributed by atoms with Gasteiger partial charge in [-0.05, 0) is 67.6 Å². The van der Waals surface area contributed by atoms with E-state index in [1.54, 1.807) is 12.1 Å². The zero-order valence-electron chi connectivity index (χ0n) is 18.7. The summed E-state index contributed by atoms with van der Waals surface area (Å²) < 4.78 is 13.5. The third-order valence-corrected chi connectivity index (χ3v) is 6.57. The summed E-state index contributed by atoms with van der Waals surface area (Å²) in [5.41, 5.74) is 4.74. The van der Waals surface area contributed by atoms with Crippen molar-refractivity contribution in [2.75, 3.05) is 24.5 Å². The molecule has 0 bridgehead atoms. The van der Waals surface area contributed by atoms with Crippen molar-refractivity contribution in [1.82, 2.24) is 4.90 Å². The van der Waals surface area contributed by atoms with E-state index in [0.717, 1.165) is 50.3 Å². The zero-order chi connectivity index (χ0) is 21.5. The molecule has 0 saturated carbocycles. The second-order valence-electron chi connectivity index (χ2n) is 10.4. The standard InChI is InChI=1S/C26H33FN2O/c1-19-8-9-23-22(14-19)26(18-29(23)24(30)16-25(2,3)4)10-12-28(13-11-26)17-20-6-5-7-21(27)15-20/h5-9,14-15H,10-13,16-18H2,1-4H3. The number of halogens is 1. The number of fused-ring (bicyclic) bond motifs is 2. The van der Waals surface area contributed by atoms with Crippen molar-refractivity contribution >= 4 is 11.6 Å². The molecule has 1 fully saturated rings. The van der Waals surface area contributed by atoms with Crippen LogP contribution < -0.4 is 4.90 Å². The van der Waals surface area contributed by atoms with E-state index in [2.05, 4.69) is 50.8 Å². The molecular weight excluding hydrogens is 375 g/mol. The Hall–Kier alpha value is -2.20. The predicted molar refractivity (Wildman–Crippen MR) is 120 cm³/mol. The number of rotatable bonds is 3. The average Bonchev–Trinajstić information content (AvgIpc) is 2.96. The summed E-state index contributed by atoms with van der Waals surface area (Å²) in [6.07, 6.45) is 2.61. The van der Waals surface area contributed by atoms with Crippen molar-refractivity contribution in [3.05, 3.63) is 65.0 Å². The first-order chi connectivity index (χ1) is 14.2. The summed E-state index contributed by atoms with van der Waals surface area (Å²) in [5, 5.41) is 0. The number of benzene rings is 2. The van der Waals surface area contributed by atoms with Gasteiger partial charge in [0.1, 0.15) is 5.82 Å². The van der Waals surface area contributed by atoms with Crippen LogP contribution >= 0.6 is 0 Å². The van der Waals surface area contributed by atoms with Crippen LogP contribution in [0.4, 0.5) is 10.1 Å². The van der Waals surface area contributed by atoms with Gasteiger partial charge in [0.05, 0.1) is 0 Å². The zero-order valence-corrected chi connectivity index (χ0v) is 18.7. The molecule has 1 spiro atoms. The Morgan fingerprint density at radius 2 is 1.83 bits per heavy atom. The molecule has 0 unspecified atom stereocenters. The van der Waals surface area contributed by atoms with Crippen LogP contribution in [0.3, 0.4) is 0 Å². The highest BCUT2D eigenvalue weighted by Gasteiger charge is 2.46. The van der Waals surface area contributed by atoms with Gasteiger partial charge in [0.25, 0.3) is 0 Å². The summed E-state index contributed by atoms with van der Waals surface area (Å²) in [7, 11) is 0. The Balaban J connectivity index is 1.53. The van der Waals surface area contributed by atoms with Crippen molar-refractivity contribution in [2.24, 2.45) is 5.41 Å². The van der Waals surface area contributed by atoms with Crippen LogP contribution in [0.15, 0.2) is 42.5 Å². The van der Waals surface area contributed by atoms with Gasteiger partial charge in [-0.1, -0.05) is 50.6 Å². The topological polar surface area (TPSA) is 23.6 Å². The molecule has 4 rings (SSSR count). The summed E-state index contributed by atoms with van der Waals surface area (Å²) in [6.45, 7) is 12.0. The maximum Gasteiger partial charge on any atom is 0.227 e. The van der Waals surface area contributed by atoms with Crippen LogP contribution in [0.5, 0.6) is 0 Å². The van der Waals surface area contributed by atoms with E-state index in [9.17, 15) is 9.18 Å². The summed E-state index contributed by atoms with van der Waals surface area (Å²) in [4.78, 5) is 17.6. The molecule has 3 nitrogen and oxygen atoms in total. The Labute approximate surface area is 179 Å². The highest BCUT2D eigenvalue weighted by atomic mass is 19.1. The van der Waals surface area contributed by atoms with Crippen LogP contribution in [-0.4, -0.2) is 30.4 Å². The lowest BCUT2D eigenvalue weighted by molar-refractivity contribution is -0.120. The van der Waals surface area contributed by atoms with Gasteiger partial charge >= 0.3 is 0 Å². The molecule has 0 N–H and O–H groups in total. The lowest BCUT2D eigenvalue weighted by atomic mass is 9.74. The van der Waals surface area contributed by atoms with Crippen molar-refractivity contribution < 1.29 is 9.18 Å². The van der Waals surface area contributed by atoms with Crippen molar-refractivity contribution in [1.29, 1.82) is 0 Å². The minimum Gasteiger partial charge on any atom is -0.311 e. The van der Waals surface area contributed by atoms with Crippen LogP contribution in [0, 0.1) is 18.2 Å². The fraction of sp³-hybridized carbons (Fsp3) is 0.500. The molecule has 0 aromatic heterocycles. The fourth-order valence-corrected chi connectivity index (χ4v) is 5.01. The Morgan fingerprint density at radius 1 is 1.10 bits per heavy atom. The van der Waals surface area contributed by atoms with E-state index in [1.807, 2.05) is 11.0 Å². The monoisotopic (exact) mass is 408 g/mol. The Morgan fingerprint density at radius 3 is 2.50 bits per heavy atom. The van der Waals surface area contributed by atoms with Crippen LogP contribution in [0.25, 0.3) is 0 Å². The molecule has 0 atom stereocenters. The first kappa shape index (κ1) is 21.0. The lowest BCUT2D eigenvalue weighted by Crippen LogP contribution is -2.46. The molecule has 1 saturated heterocycles. The van der Waals surface area contributed by atoms with Gasteiger partial charge in [0, 0.05) is 30.6 Å². The number of anilines is 1. The summed E-state index contributed by atoms with van der Waals surface area (Å²) in [6, 6.07) is 13.5. The number of hydrogen-bond donors (Lipinski definition) is 0. The van der Waals surface area contributed by atoms with Crippen molar-refractivity contribution in [3.63, 3.8) is 0 Å². The van der Waals surface area contributed by atoms with Gasteiger partial charge in [0.2, 0.25) is 5.91 Å². The van der Waals surface area contributed by atoms with E-state index in [0.29, 0.717) is 6.42 Å². The first-order valence-corrected chi connectivity index (χ1v) is 11.0. The van der Waals surface area contributed by atoms with Gasteiger partial charge in [-0.3, -0.25) is 9.69 Å². The molecule has 2 heterocycles. The van der Waals surface area contributed by atoms with E-state index in [-0.39, 0.29) is 22.6 Å². The third kappa shape index (κ3) is 4.29. The minimum absolute atomic E-state index is 0.0218. The minimum atomic E-state index is -0.172. The van der Waals surface area contributed by atoms with Crippen LogP contribution in [-0.2, 0) is 16.8 Å². The van der Waals surface area contributed by atoms with Gasteiger partial charge in [-0.2, -0.15) is 0 Å². The van der Waals surface area contributed by atoms with Gasteiger partial charge < -0.3 is 4.90 Å². The number of likely N-dealkylation sites (tertiary alicyclic amines) is 1. The third-order valence-electron chi connectivity index (χ3n) is 6.57. The average molecular weight is 409 g/mol. The molecule has 1 amide bonds. The first-order valence-electron chi connectivity index (χ1n) is 11.0. The number of piperidine rings is 1. The van der Waals surface area contributed by atoms with Crippen LogP contribution in [0.1, 0.15) is 56.7 Å². The largest absolute Gasteiger partial charge is 0.311 e. The molecule has 4 heteroatoms. The van der Waals surface area contributed by atoms with E-state index < -0.39 is 0 Å². The molecule has 0 radical (unpaired) electrons. The molecule has 2 aromatic rings. The predicted octanol–water partition coefficient (Wildman–Crippen LogP) is 5.45. The Kier molecular flexibility index (Phi) is 5.48. The molecule has 2 aliphatic rings. The van der Waals surface area contributed by atoms with Crippen molar-refractivity contribution in [3.8, 4) is 0 Å². The normalized spacial score (nSPS) is 18.6. The number of carbonyl (C=O) groups excluding carboxylic acids is 1. The molecular formula is C26H33FN2O. The van der Waals surface area contributed by atoms with Crippen molar-refractivity contribution in [2.45, 2.75) is 58.9 Å². The molecule has 2 aliphatic heterocycles. The number of carbonyl (C=O) groups is 1. The van der Waals surface area contributed by atoms with Crippen LogP contribution in [0.2, 0.25) is 0 Å². The molecule has 160 valence electrons. The highest BCUT2D eigenvalue weighted by molar-refractivity contribution is 5.96. The number of hydrogen-bond acceptors (Lipinski definition) is 2. The van der Waals surface area contributed by atoms with Gasteiger partial charge in [-0.25, -0.2) is 4.39 Å². The Bertz CT molecular complexity index is 938. The van der Waals surface area contributed by atoms with E-state index >= 15 is 0 Å². The number of nitrogens with zero attached hydrogens (tertiary/aromatic N) is 2. The van der Waals surface area contributed by atoms with E-state index in [4.69, 9.17) is 0 Å². The maximum atomic E-state index is 13.5. The molecule has 2 aromatic carbocycles. The second kappa shape index (κ2) is 7.81. The van der Waals surface area contributed by atoms with Gasteiger partial charge in [0.15, 0.2) is 0 Å². The quantitative estimate of drug-likeness (QED) is 0.674. The highest BCUT2D eigenvalue weighted by Crippen LogP contribution is 2.48. The smallest absolute Gasteiger partial charge is 0.227 e. The summed E-state index contributed by atoms with van der Waals surface area (Å²) in [5.74, 6) is 0.0563.